The molecular formula is C19H18FN3. The molecule has 0 saturated carbocycles. The van der Waals surface area contributed by atoms with Gasteiger partial charge in [0.1, 0.15) is 5.82 Å². The van der Waals surface area contributed by atoms with Crippen LogP contribution in [0.3, 0.4) is 0 Å². The normalized spacial score (nSPS) is 13.8. The molecule has 0 amide bonds. The lowest BCUT2D eigenvalue weighted by molar-refractivity contribution is 0.561. The zero-order chi connectivity index (χ0) is 15.6. The lowest BCUT2D eigenvalue weighted by Gasteiger charge is -2.14. The molecule has 0 saturated heterocycles. The molecule has 2 heterocycles. The van der Waals surface area contributed by atoms with Gasteiger partial charge in [-0.25, -0.2) is 4.39 Å². The minimum absolute atomic E-state index is 0.168. The maximum Gasteiger partial charge on any atom is 0.128 e. The third-order valence-electron chi connectivity index (χ3n) is 4.49. The molecule has 0 fully saturated rings. The van der Waals surface area contributed by atoms with E-state index in [9.17, 15) is 4.39 Å². The van der Waals surface area contributed by atoms with Crippen LogP contribution in [0.4, 0.5) is 4.39 Å². The van der Waals surface area contributed by atoms with E-state index < -0.39 is 0 Å². The standard InChI is InChI=1S/C19H18FN3/c20-17-7-3-1-5-15(17)13-23-18-8-4-2-6-16(18)19(22-23)14-9-11-21-12-10-14/h1,3,5,7,9-12H,2,4,6,8,13H2. The maximum atomic E-state index is 14.0. The molecule has 0 atom stereocenters. The van der Waals surface area contributed by atoms with Crippen molar-refractivity contribution in [1.82, 2.24) is 14.8 Å². The Morgan fingerprint density at radius 2 is 1.78 bits per heavy atom. The van der Waals surface area contributed by atoms with Crippen molar-refractivity contribution in [2.75, 3.05) is 0 Å². The summed E-state index contributed by atoms with van der Waals surface area (Å²) in [4.78, 5) is 4.08. The molecule has 1 aromatic carbocycles. The Morgan fingerprint density at radius 3 is 2.61 bits per heavy atom. The summed E-state index contributed by atoms with van der Waals surface area (Å²) in [6, 6.07) is 10.9. The average Bonchev–Trinajstić information content (AvgIpc) is 2.97. The number of hydrogen-bond donors (Lipinski definition) is 0. The van der Waals surface area contributed by atoms with Gasteiger partial charge in [-0.3, -0.25) is 9.67 Å². The first-order valence-corrected chi connectivity index (χ1v) is 8.05. The second-order valence-corrected chi connectivity index (χ2v) is 5.97. The molecule has 3 nitrogen and oxygen atoms in total. The van der Waals surface area contributed by atoms with Crippen LogP contribution in [0, 0.1) is 5.82 Å². The molecule has 116 valence electrons. The Kier molecular flexibility index (Phi) is 3.66. The van der Waals surface area contributed by atoms with Crippen molar-refractivity contribution in [3.63, 3.8) is 0 Å². The SMILES string of the molecule is Fc1ccccc1Cn1nc(-c2ccncc2)c2c1CCCC2. The fourth-order valence-corrected chi connectivity index (χ4v) is 3.33. The molecule has 23 heavy (non-hydrogen) atoms. The molecule has 0 spiro atoms. The monoisotopic (exact) mass is 307 g/mol. The third-order valence-corrected chi connectivity index (χ3v) is 4.49. The van der Waals surface area contributed by atoms with E-state index in [1.807, 2.05) is 28.9 Å². The van der Waals surface area contributed by atoms with Gasteiger partial charge in [0.05, 0.1) is 12.2 Å². The van der Waals surface area contributed by atoms with E-state index in [-0.39, 0.29) is 5.82 Å². The van der Waals surface area contributed by atoms with Crippen molar-refractivity contribution in [3.05, 3.63) is 71.4 Å². The zero-order valence-corrected chi connectivity index (χ0v) is 12.9. The highest BCUT2D eigenvalue weighted by Gasteiger charge is 2.22. The molecule has 0 bridgehead atoms. The van der Waals surface area contributed by atoms with Gasteiger partial charge in [0, 0.05) is 34.8 Å². The quantitative estimate of drug-likeness (QED) is 0.732. The molecule has 4 heteroatoms. The smallest absolute Gasteiger partial charge is 0.128 e. The van der Waals surface area contributed by atoms with Crippen molar-refractivity contribution in [2.45, 2.75) is 32.2 Å². The molecule has 1 aliphatic carbocycles. The first-order valence-electron chi connectivity index (χ1n) is 8.05. The topological polar surface area (TPSA) is 30.7 Å². The molecule has 0 unspecified atom stereocenters. The second-order valence-electron chi connectivity index (χ2n) is 5.97. The summed E-state index contributed by atoms with van der Waals surface area (Å²) in [5.74, 6) is -0.168. The van der Waals surface area contributed by atoms with Crippen molar-refractivity contribution >= 4 is 0 Å². The number of pyridine rings is 1. The largest absolute Gasteiger partial charge is 0.265 e. The van der Waals surface area contributed by atoms with Crippen LogP contribution in [0.5, 0.6) is 0 Å². The minimum atomic E-state index is -0.168. The van der Waals surface area contributed by atoms with Gasteiger partial charge in [0.25, 0.3) is 0 Å². The van der Waals surface area contributed by atoms with Crippen molar-refractivity contribution in [1.29, 1.82) is 0 Å². The third kappa shape index (κ3) is 2.65. The second kappa shape index (κ2) is 5.95. The maximum absolute atomic E-state index is 14.0. The number of aromatic nitrogens is 3. The van der Waals surface area contributed by atoms with Crippen LogP contribution >= 0.6 is 0 Å². The van der Waals surface area contributed by atoms with Gasteiger partial charge >= 0.3 is 0 Å². The van der Waals surface area contributed by atoms with Gasteiger partial charge in [-0.05, 0) is 43.9 Å². The summed E-state index contributed by atoms with van der Waals surface area (Å²) in [6.45, 7) is 0.486. The van der Waals surface area contributed by atoms with Crippen LogP contribution in [0.25, 0.3) is 11.3 Å². The number of fused-ring (bicyclic) bond motifs is 1. The Morgan fingerprint density at radius 1 is 1.00 bits per heavy atom. The molecule has 2 aromatic heterocycles. The molecule has 1 aliphatic rings. The summed E-state index contributed by atoms with van der Waals surface area (Å²) in [5, 5.41) is 4.82. The predicted molar refractivity (Wildman–Crippen MR) is 87.6 cm³/mol. The van der Waals surface area contributed by atoms with Gasteiger partial charge in [-0.1, -0.05) is 18.2 Å². The van der Waals surface area contributed by atoms with Crippen LogP contribution in [0.1, 0.15) is 29.7 Å². The van der Waals surface area contributed by atoms with E-state index >= 15 is 0 Å². The van der Waals surface area contributed by atoms with Crippen molar-refractivity contribution in [2.24, 2.45) is 0 Å². The fraction of sp³-hybridized carbons (Fsp3) is 0.263. The first-order chi connectivity index (χ1) is 11.3. The van der Waals surface area contributed by atoms with E-state index in [1.54, 1.807) is 18.5 Å². The van der Waals surface area contributed by atoms with Crippen LogP contribution in [-0.2, 0) is 19.4 Å². The molecule has 0 aliphatic heterocycles. The molecule has 3 aromatic rings. The van der Waals surface area contributed by atoms with Crippen molar-refractivity contribution in [3.8, 4) is 11.3 Å². The van der Waals surface area contributed by atoms with Gasteiger partial charge in [-0.15, -0.1) is 0 Å². The molecule has 0 radical (unpaired) electrons. The number of benzene rings is 1. The van der Waals surface area contributed by atoms with E-state index in [0.29, 0.717) is 12.1 Å². The lowest BCUT2D eigenvalue weighted by Crippen LogP contribution is -2.11. The van der Waals surface area contributed by atoms with E-state index in [0.717, 1.165) is 24.1 Å². The Labute approximate surface area is 134 Å². The highest BCUT2D eigenvalue weighted by Crippen LogP contribution is 2.31. The Hall–Kier alpha value is -2.49. The number of halogens is 1. The molecular weight excluding hydrogens is 289 g/mol. The number of rotatable bonds is 3. The van der Waals surface area contributed by atoms with Gasteiger partial charge < -0.3 is 0 Å². The van der Waals surface area contributed by atoms with E-state index in [1.165, 1.54) is 30.2 Å². The van der Waals surface area contributed by atoms with Crippen LogP contribution in [0.15, 0.2) is 48.8 Å². The van der Waals surface area contributed by atoms with E-state index in [2.05, 4.69) is 4.98 Å². The summed E-state index contributed by atoms with van der Waals surface area (Å²) in [5.41, 5.74) is 5.37. The van der Waals surface area contributed by atoms with E-state index in [4.69, 9.17) is 5.10 Å². The average molecular weight is 307 g/mol. The highest BCUT2D eigenvalue weighted by atomic mass is 19.1. The van der Waals surface area contributed by atoms with Crippen LogP contribution < -0.4 is 0 Å². The minimum Gasteiger partial charge on any atom is -0.265 e. The summed E-state index contributed by atoms with van der Waals surface area (Å²) < 4.78 is 16.0. The molecule has 0 N–H and O–H groups in total. The van der Waals surface area contributed by atoms with Gasteiger partial charge in [0.2, 0.25) is 0 Å². The van der Waals surface area contributed by atoms with Gasteiger partial charge in [0.15, 0.2) is 0 Å². The highest BCUT2D eigenvalue weighted by molar-refractivity contribution is 5.64. The Bertz CT molecular complexity index is 824. The van der Waals surface area contributed by atoms with Gasteiger partial charge in [-0.2, -0.15) is 5.10 Å². The molecule has 4 rings (SSSR count). The van der Waals surface area contributed by atoms with Crippen LogP contribution in [0.2, 0.25) is 0 Å². The first kappa shape index (κ1) is 14.1. The zero-order valence-electron chi connectivity index (χ0n) is 12.9. The summed E-state index contributed by atoms with van der Waals surface area (Å²) in [7, 11) is 0. The van der Waals surface area contributed by atoms with Crippen molar-refractivity contribution < 1.29 is 4.39 Å². The summed E-state index contributed by atoms with van der Waals surface area (Å²) in [6.07, 6.45) is 8.01. The predicted octanol–water partition coefficient (Wildman–Crippen LogP) is 4.01. The number of hydrogen-bond acceptors (Lipinski definition) is 2. The lowest BCUT2D eigenvalue weighted by atomic mass is 9.94. The van der Waals surface area contributed by atoms with Crippen LogP contribution in [-0.4, -0.2) is 14.8 Å². The summed E-state index contributed by atoms with van der Waals surface area (Å²) >= 11 is 0. The fourth-order valence-electron chi connectivity index (χ4n) is 3.33. The Balaban J connectivity index is 1.79. The number of nitrogens with zero attached hydrogens (tertiary/aromatic N) is 3.